The summed E-state index contributed by atoms with van der Waals surface area (Å²) in [6.45, 7) is 0. The van der Waals surface area contributed by atoms with Crippen molar-refractivity contribution in [1.82, 2.24) is 0 Å². The number of carbonyl (C=O) groups is 1. The molecule has 0 fully saturated rings. The van der Waals surface area contributed by atoms with E-state index in [2.05, 4.69) is 48.2 Å². The van der Waals surface area contributed by atoms with Gasteiger partial charge in [0.05, 0.1) is 33.9 Å². The van der Waals surface area contributed by atoms with Crippen LogP contribution in [0.5, 0.6) is 23.0 Å². The molecular formula is C38H30O5. The molecule has 0 amide bonds. The zero-order chi connectivity index (χ0) is 30.0. The van der Waals surface area contributed by atoms with Gasteiger partial charge in [-0.2, -0.15) is 0 Å². The number of ether oxygens (including phenoxy) is 4. The number of hydrogen-bond acceptors (Lipinski definition) is 5. The first-order valence-corrected chi connectivity index (χ1v) is 13.8. The van der Waals surface area contributed by atoms with E-state index in [4.69, 9.17) is 18.9 Å². The van der Waals surface area contributed by atoms with Crippen molar-refractivity contribution in [1.29, 1.82) is 0 Å². The second kappa shape index (κ2) is 11.4. The Morgan fingerprint density at radius 3 is 1.56 bits per heavy atom. The minimum atomic E-state index is -0.833. The maximum Gasteiger partial charge on any atom is 0.151 e. The van der Waals surface area contributed by atoms with Gasteiger partial charge in [-0.25, -0.2) is 0 Å². The van der Waals surface area contributed by atoms with Crippen LogP contribution in [0, 0.1) is 11.8 Å². The van der Waals surface area contributed by atoms with Crippen LogP contribution >= 0.6 is 0 Å². The monoisotopic (exact) mass is 566 g/mol. The van der Waals surface area contributed by atoms with Gasteiger partial charge in [0.1, 0.15) is 23.0 Å². The van der Waals surface area contributed by atoms with Gasteiger partial charge in [0.2, 0.25) is 0 Å². The Morgan fingerprint density at radius 2 is 1.05 bits per heavy atom. The Bertz CT molecular complexity index is 1810. The van der Waals surface area contributed by atoms with Crippen molar-refractivity contribution < 1.29 is 23.7 Å². The molecule has 0 saturated heterocycles. The van der Waals surface area contributed by atoms with E-state index in [9.17, 15) is 4.79 Å². The van der Waals surface area contributed by atoms with Crippen LogP contribution in [0.25, 0.3) is 11.1 Å². The number of rotatable bonds is 7. The number of aldehydes is 1. The van der Waals surface area contributed by atoms with Gasteiger partial charge >= 0.3 is 0 Å². The number of fused-ring (bicyclic) bond motifs is 3. The van der Waals surface area contributed by atoms with Crippen LogP contribution in [0.3, 0.4) is 0 Å². The molecule has 5 aromatic carbocycles. The molecular weight excluding hydrogens is 536 g/mol. The molecule has 5 nitrogen and oxygen atoms in total. The smallest absolute Gasteiger partial charge is 0.151 e. The van der Waals surface area contributed by atoms with Crippen molar-refractivity contribution in [2.75, 3.05) is 28.4 Å². The molecule has 0 heterocycles. The molecule has 0 unspecified atom stereocenters. The normalized spacial score (nSPS) is 12.3. The lowest BCUT2D eigenvalue weighted by Crippen LogP contribution is -2.30. The fraction of sp³-hybridized carbons (Fsp3) is 0.132. The van der Waals surface area contributed by atoms with Gasteiger partial charge in [-0.1, -0.05) is 48.2 Å². The summed E-state index contributed by atoms with van der Waals surface area (Å²) < 4.78 is 22.1. The van der Waals surface area contributed by atoms with Gasteiger partial charge in [-0.15, -0.1) is 0 Å². The largest absolute Gasteiger partial charge is 0.497 e. The molecule has 0 aliphatic heterocycles. The van der Waals surface area contributed by atoms with Crippen LogP contribution in [-0.4, -0.2) is 34.7 Å². The minimum Gasteiger partial charge on any atom is -0.497 e. The second-order valence-electron chi connectivity index (χ2n) is 10.2. The van der Waals surface area contributed by atoms with E-state index in [1.807, 2.05) is 66.7 Å². The zero-order valence-electron chi connectivity index (χ0n) is 24.4. The molecule has 0 bridgehead atoms. The lowest BCUT2D eigenvalue weighted by Gasteiger charge is -2.35. The van der Waals surface area contributed by atoms with Crippen LogP contribution < -0.4 is 18.9 Å². The topological polar surface area (TPSA) is 54.0 Å². The highest BCUT2D eigenvalue weighted by Crippen LogP contribution is 2.58. The third-order valence-corrected chi connectivity index (χ3v) is 8.13. The zero-order valence-corrected chi connectivity index (χ0v) is 24.4. The second-order valence-corrected chi connectivity index (χ2v) is 10.2. The number of methoxy groups -OCH3 is 4. The summed E-state index contributed by atoms with van der Waals surface area (Å²) in [5, 5.41) is 0. The molecule has 1 aliphatic rings. The van der Waals surface area contributed by atoms with E-state index in [-0.39, 0.29) is 0 Å². The molecule has 1 aliphatic carbocycles. The molecule has 0 N–H and O–H groups in total. The van der Waals surface area contributed by atoms with Crippen molar-refractivity contribution >= 4 is 6.29 Å². The van der Waals surface area contributed by atoms with Crippen molar-refractivity contribution in [3.05, 3.63) is 142 Å². The number of hydrogen-bond donors (Lipinski definition) is 0. The van der Waals surface area contributed by atoms with Crippen molar-refractivity contribution in [2.45, 2.75) is 5.41 Å². The average Bonchev–Trinajstić information content (AvgIpc) is 3.37. The van der Waals surface area contributed by atoms with Gasteiger partial charge < -0.3 is 18.9 Å². The quantitative estimate of drug-likeness (QED) is 0.150. The lowest BCUT2D eigenvalue weighted by atomic mass is 9.66. The average molecular weight is 567 g/mol. The first kappa shape index (κ1) is 27.7. The molecule has 0 aromatic heterocycles. The van der Waals surface area contributed by atoms with Gasteiger partial charge in [-0.05, 0) is 100 Å². The number of benzene rings is 5. The molecule has 0 spiro atoms. The number of carbonyl (C=O) groups excluding carboxylic acids is 1. The highest BCUT2D eigenvalue weighted by Gasteiger charge is 2.48. The molecule has 212 valence electrons. The molecule has 0 saturated carbocycles. The summed E-state index contributed by atoms with van der Waals surface area (Å²) in [6, 6.07) is 33.8. The minimum absolute atomic E-state index is 0.519. The first-order chi connectivity index (χ1) is 21.1. The summed E-state index contributed by atoms with van der Waals surface area (Å²) in [4.78, 5) is 12.6. The molecule has 6 rings (SSSR count). The standard InChI is InChI=1S/C38H30O5/c1-40-29-13-5-25(6-14-29)7-20-33-26(24-39)8-21-35-34-22-19-32(43-4)23-36(34)38(37(33)35,27-9-15-30(41-2)16-10-27)28-11-17-31(42-3)18-12-28/h5-6,8-19,21-24H,1-4H3. The molecule has 43 heavy (non-hydrogen) atoms. The molecule has 0 atom stereocenters. The van der Waals surface area contributed by atoms with Crippen LogP contribution in [0.1, 0.15) is 43.7 Å². The highest BCUT2D eigenvalue weighted by molar-refractivity contribution is 5.93. The van der Waals surface area contributed by atoms with E-state index in [1.54, 1.807) is 28.4 Å². The van der Waals surface area contributed by atoms with E-state index in [0.717, 1.165) is 68.2 Å². The Morgan fingerprint density at radius 1 is 0.558 bits per heavy atom. The Balaban J connectivity index is 1.74. The van der Waals surface area contributed by atoms with Gasteiger partial charge in [0, 0.05) is 16.7 Å². The summed E-state index contributed by atoms with van der Waals surface area (Å²) in [6.07, 6.45) is 0.884. The highest BCUT2D eigenvalue weighted by atomic mass is 16.5. The first-order valence-electron chi connectivity index (χ1n) is 13.8. The fourth-order valence-corrected chi connectivity index (χ4v) is 6.05. The van der Waals surface area contributed by atoms with Gasteiger partial charge in [-0.3, -0.25) is 4.79 Å². The Kier molecular flexibility index (Phi) is 7.36. The van der Waals surface area contributed by atoms with Crippen LogP contribution in [0.2, 0.25) is 0 Å². The summed E-state index contributed by atoms with van der Waals surface area (Å²) in [5.41, 5.74) is 7.21. The Hall–Kier alpha value is -5.47. The molecule has 5 heteroatoms. The summed E-state index contributed by atoms with van der Waals surface area (Å²) >= 11 is 0. The van der Waals surface area contributed by atoms with Crippen molar-refractivity contribution in [2.24, 2.45) is 0 Å². The van der Waals surface area contributed by atoms with Crippen molar-refractivity contribution in [3.8, 4) is 46.0 Å². The van der Waals surface area contributed by atoms with E-state index in [1.165, 1.54) is 0 Å². The maximum atomic E-state index is 12.6. The van der Waals surface area contributed by atoms with Crippen molar-refractivity contribution in [3.63, 3.8) is 0 Å². The summed E-state index contributed by atoms with van der Waals surface area (Å²) in [7, 11) is 6.61. The predicted molar refractivity (Wildman–Crippen MR) is 168 cm³/mol. The van der Waals surface area contributed by atoms with Crippen LogP contribution in [0.15, 0.2) is 103 Å². The third-order valence-electron chi connectivity index (χ3n) is 8.13. The van der Waals surface area contributed by atoms with E-state index < -0.39 is 5.41 Å². The van der Waals surface area contributed by atoms with Gasteiger partial charge in [0.15, 0.2) is 6.29 Å². The van der Waals surface area contributed by atoms with Crippen LogP contribution in [0.4, 0.5) is 0 Å². The van der Waals surface area contributed by atoms with Gasteiger partial charge in [0.25, 0.3) is 0 Å². The van der Waals surface area contributed by atoms with E-state index >= 15 is 0 Å². The SMILES string of the molecule is COc1ccc(C#Cc2c(C=O)ccc3c2C(c2ccc(OC)cc2)(c2ccc(OC)cc2)c2cc(OC)ccc2-3)cc1. The summed E-state index contributed by atoms with van der Waals surface area (Å²) in [5.74, 6) is 9.72. The fourth-order valence-electron chi connectivity index (χ4n) is 6.05. The molecule has 0 radical (unpaired) electrons. The third kappa shape index (κ3) is 4.58. The maximum absolute atomic E-state index is 12.6. The molecule has 5 aromatic rings. The predicted octanol–water partition coefficient (Wildman–Crippen LogP) is 7.30. The van der Waals surface area contributed by atoms with Crippen LogP contribution in [-0.2, 0) is 5.41 Å². The Labute approximate surface area is 251 Å². The van der Waals surface area contributed by atoms with E-state index in [0.29, 0.717) is 11.1 Å². The lowest BCUT2D eigenvalue weighted by molar-refractivity contribution is 0.112.